The Bertz CT molecular complexity index is 736. The van der Waals surface area contributed by atoms with Crippen molar-refractivity contribution in [3.63, 3.8) is 0 Å². The standard InChI is InChI=1S/C12H8Cl2N4/c1-7-3-2-4-8(11(7)14)12-17-16-10-5-9(13)15-6-18(10)12/h2-6H,1H3. The topological polar surface area (TPSA) is 43.1 Å². The lowest BCUT2D eigenvalue weighted by Crippen LogP contribution is -1.92. The molecule has 4 nitrogen and oxygen atoms in total. The summed E-state index contributed by atoms with van der Waals surface area (Å²) in [6.45, 7) is 1.95. The molecule has 2 aromatic heterocycles. The molecule has 0 aliphatic carbocycles. The van der Waals surface area contributed by atoms with E-state index in [0.29, 0.717) is 21.6 Å². The normalized spacial score (nSPS) is 11.1. The van der Waals surface area contributed by atoms with Crippen molar-refractivity contribution < 1.29 is 0 Å². The van der Waals surface area contributed by atoms with Gasteiger partial charge in [0.05, 0.1) is 5.02 Å². The van der Waals surface area contributed by atoms with Gasteiger partial charge >= 0.3 is 0 Å². The molecule has 0 aliphatic heterocycles. The van der Waals surface area contributed by atoms with E-state index < -0.39 is 0 Å². The van der Waals surface area contributed by atoms with E-state index in [2.05, 4.69) is 15.2 Å². The van der Waals surface area contributed by atoms with Crippen molar-refractivity contribution in [3.8, 4) is 11.4 Å². The third-order valence-corrected chi connectivity index (χ3v) is 3.41. The zero-order valence-corrected chi connectivity index (χ0v) is 10.9. The minimum absolute atomic E-state index is 0.386. The van der Waals surface area contributed by atoms with Crippen LogP contribution in [0.15, 0.2) is 30.6 Å². The van der Waals surface area contributed by atoms with Crippen LogP contribution in [0.2, 0.25) is 10.2 Å². The minimum atomic E-state index is 0.386. The van der Waals surface area contributed by atoms with Gasteiger partial charge in [-0.2, -0.15) is 0 Å². The predicted octanol–water partition coefficient (Wildman–Crippen LogP) is 3.41. The van der Waals surface area contributed by atoms with Crippen molar-refractivity contribution in [2.45, 2.75) is 6.92 Å². The number of fused-ring (bicyclic) bond motifs is 1. The van der Waals surface area contributed by atoms with Crippen LogP contribution in [0.25, 0.3) is 17.0 Å². The van der Waals surface area contributed by atoms with Gasteiger partial charge in [-0.25, -0.2) is 4.98 Å². The number of rotatable bonds is 1. The molecule has 2 heterocycles. The number of halogens is 2. The maximum Gasteiger partial charge on any atom is 0.171 e. The van der Waals surface area contributed by atoms with Crippen LogP contribution in [-0.4, -0.2) is 19.6 Å². The Kier molecular flexibility index (Phi) is 2.69. The fourth-order valence-electron chi connectivity index (χ4n) is 1.78. The molecule has 0 atom stereocenters. The molecule has 0 bridgehead atoms. The smallest absolute Gasteiger partial charge is 0.171 e. The number of aromatic nitrogens is 4. The lowest BCUT2D eigenvalue weighted by atomic mass is 10.1. The molecule has 0 radical (unpaired) electrons. The molecule has 0 unspecified atom stereocenters. The van der Waals surface area contributed by atoms with E-state index in [1.165, 1.54) is 0 Å². The predicted molar refractivity (Wildman–Crippen MR) is 71.0 cm³/mol. The molecule has 3 aromatic rings. The minimum Gasteiger partial charge on any atom is -0.265 e. The summed E-state index contributed by atoms with van der Waals surface area (Å²) in [4.78, 5) is 4.02. The first kappa shape index (κ1) is 11.4. The second kappa shape index (κ2) is 4.23. The van der Waals surface area contributed by atoms with Gasteiger partial charge in [-0.05, 0) is 18.6 Å². The van der Waals surface area contributed by atoms with Crippen LogP contribution in [0, 0.1) is 6.92 Å². The Morgan fingerprint density at radius 1 is 1.17 bits per heavy atom. The van der Waals surface area contributed by atoms with E-state index in [0.717, 1.165) is 11.1 Å². The van der Waals surface area contributed by atoms with E-state index in [1.54, 1.807) is 16.8 Å². The molecule has 0 fully saturated rings. The summed E-state index contributed by atoms with van der Waals surface area (Å²) in [5.74, 6) is 0.655. The largest absolute Gasteiger partial charge is 0.265 e. The van der Waals surface area contributed by atoms with E-state index in [-0.39, 0.29) is 0 Å². The molecule has 6 heteroatoms. The summed E-state index contributed by atoms with van der Waals surface area (Å²) >= 11 is 12.1. The second-order valence-electron chi connectivity index (χ2n) is 3.90. The fourth-order valence-corrected chi connectivity index (χ4v) is 2.13. The Labute approximate surface area is 113 Å². The summed E-state index contributed by atoms with van der Waals surface area (Å²) in [6.07, 6.45) is 1.59. The lowest BCUT2D eigenvalue weighted by molar-refractivity contribution is 1.08. The van der Waals surface area contributed by atoms with Crippen molar-refractivity contribution in [2.75, 3.05) is 0 Å². The van der Waals surface area contributed by atoms with Crippen LogP contribution in [0.3, 0.4) is 0 Å². The summed E-state index contributed by atoms with van der Waals surface area (Å²) < 4.78 is 1.76. The molecule has 18 heavy (non-hydrogen) atoms. The van der Waals surface area contributed by atoms with Gasteiger partial charge in [0.2, 0.25) is 0 Å². The van der Waals surface area contributed by atoms with E-state index in [1.807, 2.05) is 25.1 Å². The van der Waals surface area contributed by atoms with Gasteiger partial charge in [-0.3, -0.25) is 4.40 Å². The Hall–Kier alpha value is -1.65. The first-order valence-corrected chi connectivity index (χ1v) is 6.04. The van der Waals surface area contributed by atoms with Crippen LogP contribution < -0.4 is 0 Å². The van der Waals surface area contributed by atoms with Crippen LogP contribution >= 0.6 is 23.2 Å². The molecule has 0 N–H and O–H groups in total. The average Bonchev–Trinajstić information content (AvgIpc) is 2.75. The highest BCUT2D eigenvalue weighted by atomic mass is 35.5. The molecule has 3 rings (SSSR count). The monoisotopic (exact) mass is 278 g/mol. The van der Waals surface area contributed by atoms with Gasteiger partial charge in [-0.1, -0.05) is 35.3 Å². The van der Waals surface area contributed by atoms with Gasteiger partial charge in [0.1, 0.15) is 11.5 Å². The number of nitrogens with zero attached hydrogens (tertiary/aromatic N) is 4. The Morgan fingerprint density at radius 3 is 2.83 bits per heavy atom. The van der Waals surface area contributed by atoms with Gasteiger partial charge in [-0.15, -0.1) is 10.2 Å². The number of hydrogen-bond acceptors (Lipinski definition) is 3. The van der Waals surface area contributed by atoms with Gasteiger partial charge in [0.15, 0.2) is 11.5 Å². The highest BCUT2D eigenvalue weighted by molar-refractivity contribution is 6.34. The zero-order chi connectivity index (χ0) is 12.7. The molecular weight excluding hydrogens is 271 g/mol. The first-order valence-electron chi connectivity index (χ1n) is 5.28. The molecule has 1 aromatic carbocycles. The van der Waals surface area contributed by atoms with Crippen molar-refractivity contribution in [1.29, 1.82) is 0 Å². The van der Waals surface area contributed by atoms with Crippen LogP contribution in [0.1, 0.15) is 5.56 Å². The third kappa shape index (κ3) is 1.74. The summed E-state index contributed by atoms with van der Waals surface area (Å²) in [7, 11) is 0. The van der Waals surface area contributed by atoms with Crippen molar-refractivity contribution >= 4 is 28.8 Å². The Morgan fingerprint density at radius 2 is 2.00 bits per heavy atom. The highest BCUT2D eigenvalue weighted by Gasteiger charge is 2.12. The number of hydrogen-bond donors (Lipinski definition) is 0. The van der Waals surface area contributed by atoms with Crippen molar-refractivity contribution in [1.82, 2.24) is 19.6 Å². The van der Waals surface area contributed by atoms with E-state index in [9.17, 15) is 0 Å². The molecule has 0 saturated heterocycles. The maximum absolute atomic E-state index is 6.29. The first-order chi connectivity index (χ1) is 8.66. The molecule has 0 aliphatic rings. The fraction of sp³-hybridized carbons (Fsp3) is 0.0833. The maximum atomic E-state index is 6.29. The molecule has 90 valence electrons. The number of aryl methyl sites for hydroxylation is 1. The Balaban J connectivity index is 2.29. The zero-order valence-electron chi connectivity index (χ0n) is 9.43. The molecule has 0 saturated carbocycles. The summed E-state index contributed by atoms with van der Waals surface area (Å²) in [5, 5.41) is 9.25. The van der Waals surface area contributed by atoms with E-state index >= 15 is 0 Å². The second-order valence-corrected chi connectivity index (χ2v) is 4.67. The lowest BCUT2D eigenvalue weighted by Gasteiger charge is -2.04. The summed E-state index contributed by atoms with van der Waals surface area (Å²) in [6, 6.07) is 7.44. The van der Waals surface area contributed by atoms with Gasteiger partial charge in [0, 0.05) is 11.6 Å². The van der Waals surface area contributed by atoms with Crippen molar-refractivity contribution in [2.24, 2.45) is 0 Å². The third-order valence-electron chi connectivity index (χ3n) is 2.70. The van der Waals surface area contributed by atoms with Crippen molar-refractivity contribution in [3.05, 3.63) is 46.3 Å². The van der Waals surface area contributed by atoms with Crippen LogP contribution in [0.4, 0.5) is 0 Å². The quantitative estimate of drug-likeness (QED) is 0.641. The molecular formula is C12H8Cl2N4. The highest BCUT2D eigenvalue weighted by Crippen LogP contribution is 2.29. The SMILES string of the molecule is Cc1cccc(-c2nnc3cc(Cl)ncn23)c1Cl. The molecule has 0 amide bonds. The summed E-state index contributed by atoms with van der Waals surface area (Å²) in [5.41, 5.74) is 2.46. The number of benzene rings is 1. The van der Waals surface area contributed by atoms with Gasteiger partial charge < -0.3 is 0 Å². The van der Waals surface area contributed by atoms with Crippen LogP contribution in [-0.2, 0) is 0 Å². The molecule has 0 spiro atoms. The van der Waals surface area contributed by atoms with Crippen LogP contribution in [0.5, 0.6) is 0 Å². The van der Waals surface area contributed by atoms with Gasteiger partial charge in [0.25, 0.3) is 0 Å². The average molecular weight is 279 g/mol. The van der Waals surface area contributed by atoms with E-state index in [4.69, 9.17) is 23.2 Å².